The lowest BCUT2D eigenvalue weighted by atomic mass is 9.89. The van der Waals surface area contributed by atoms with Gasteiger partial charge in [0.2, 0.25) is 0 Å². The maximum Gasteiger partial charge on any atom is 0.142 e. The molecule has 0 radical (unpaired) electrons. The maximum absolute atomic E-state index is 9.72. The average Bonchev–Trinajstić information content (AvgIpc) is 2.94. The highest BCUT2D eigenvalue weighted by atomic mass is 35.5. The molecule has 0 amide bonds. The molecule has 134 valence electrons. The molecule has 4 rings (SSSR count). The van der Waals surface area contributed by atoms with Gasteiger partial charge in [-0.2, -0.15) is 5.26 Å². The molecule has 0 aliphatic carbocycles. The van der Waals surface area contributed by atoms with Crippen molar-refractivity contribution in [1.29, 1.82) is 5.26 Å². The highest BCUT2D eigenvalue weighted by Crippen LogP contribution is 2.46. The van der Waals surface area contributed by atoms with Crippen LogP contribution in [0.15, 0.2) is 30.3 Å². The summed E-state index contributed by atoms with van der Waals surface area (Å²) in [6.45, 7) is 1.96. The first-order valence-electron chi connectivity index (χ1n) is 8.74. The Morgan fingerprint density at radius 3 is 2.96 bits per heavy atom. The lowest BCUT2D eigenvalue weighted by molar-refractivity contribution is 0.413. The van der Waals surface area contributed by atoms with E-state index in [1.54, 1.807) is 13.2 Å². The van der Waals surface area contributed by atoms with Crippen molar-refractivity contribution in [3.8, 4) is 11.8 Å². The largest absolute Gasteiger partial charge is 0.495 e. The molecule has 0 saturated carbocycles. The minimum atomic E-state index is 0.402. The number of nitriles is 1. The maximum atomic E-state index is 9.72. The molecule has 5 nitrogen and oxygen atoms in total. The van der Waals surface area contributed by atoms with Gasteiger partial charge in [-0.3, -0.25) is 0 Å². The molecule has 1 saturated heterocycles. The predicted octanol–water partition coefficient (Wildman–Crippen LogP) is 3.86. The van der Waals surface area contributed by atoms with Crippen LogP contribution in [-0.2, 0) is 0 Å². The molecule has 26 heavy (non-hydrogen) atoms. The third-order valence-electron chi connectivity index (χ3n) is 5.40. The minimum Gasteiger partial charge on any atom is -0.495 e. The third kappa shape index (κ3) is 2.76. The lowest BCUT2D eigenvalue weighted by Crippen LogP contribution is -2.42. The molecule has 0 spiro atoms. The first-order valence-corrected chi connectivity index (χ1v) is 9.12. The van der Waals surface area contributed by atoms with Crippen LogP contribution >= 0.6 is 11.6 Å². The fourth-order valence-electron chi connectivity index (χ4n) is 4.22. The topological polar surface area (TPSA) is 60.3 Å². The Kier molecular flexibility index (Phi) is 4.39. The number of hydrogen-bond donors (Lipinski definition) is 2. The zero-order valence-electron chi connectivity index (χ0n) is 14.8. The van der Waals surface area contributed by atoms with Crippen LogP contribution in [-0.4, -0.2) is 33.3 Å². The van der Waals surface area contributed by atoms with Gasteiger partial charge >= 0.3 is 0 Å². The van der Waals surface area contributed by atoms with Crippen LogP contribution in [0.5, 0.6) is 5.75 Å². The van der Waals surface area contributed by atoms with E-state index in [4.69, 9.17) is 16.3 Å². The predicted molar refractivity (Wildman–Crippen MR) is 105 cm³/mol. The fraction of sp³-hybridized carbons (Fsp3) is 0.350. The number of ether oxygens (including phenoxy) is 1. The smallest absolute Gasteiger partial charge is 0.142 e. The monoisotopic (exact) mass is 368 g/mol. The van der Waals surface area contributed by atoms with Crippen LogP contribution in [0.3, 0.4) is 0 Å². The first kappa shape index (κ1) is 17.0. The Hall–Kier alpha value is -2.42. The molecule has 2 aromatic rings. The normalized spacial score (nSPS) is 20.9. The number of piperidine rings is 1. The lowest BCUT2D eigenvalue weighted by Gasteiger charge is -2.31. The Morgan fingerprint density at radius 1 is 1.35 bits per heavy atom. The molecule has 2 aliphatic rings. The second kappa shape index (κ2) is 6.71. The fourth-order valence-corrected chi connectivity index (χ4v) is 4.39. The number of fused-ring (bicyclic) bond motifs is 3. The van der Waals surface area contributed by atoms with Crippen molar-refractivity contribution in [2.45, 2.75) is 18.4 Å². The molecule has 6 heteroatoms. The highest BCUT2D eigenvalue weighted by molar-refractivity contribution is 6.31. The summed E-state index contributed by atoms with van der Waals surface area (Å²) in [6.07, 6.45) is 1.09. The molecule has 2 N–H and O–H groups in total. The number of hydrogen-bond acceptors (Lipinski definition) is 5. The third-order valence-corrected chi connectivity index (χ3v) is 5.63. The Balaban J connectivity index is 1.77. The van der Waals surface area contributed by atoms with Gasteiger partial charge in [0.25, 0.3) is 0 Å². The van der Waals surface area contributed by atoms with E-state index in [0.717, 1.165) is 36.6 Å². The molecule has 1 fully saturated rings. The molecule has 2 atom stereocenters. The van der Waals surface area contributed by atoms with Crippen molar-refractivity contribution in [2.75, 3.05) is 37.5 Å². The van der Waals surface area contributed by atoms with E-state index < -0.39 is 0 Å². The number of likely N-dealkylation sites (N-methyl/N-ethyl adjacent to an activating group) is 1. The number of anilines is 3. The molecule has 0 bridgehead atoms. The van der Waals surface area contributed by atoms with Gasteiger partial charge in [0.05, 0.1) is 24.0 Å². The summed E-state index contributed by atoms with van der Waals surface area (Å²) < 4.78 is 5.42. The second-order valence-electron chi connectivity index (χ2n) is 6.82. The van der Waals surface area contributed by atoms with Gasteiger partial charge in [-0.25, -0.2) is 0 Å². The first-order chi connectivity index (χ1) is 12.6. The molecule has 2 heterocycles. The average molecular weight is 369 g/mol. The molecule has 2 aromatic carbocycles. The Labute approximate surface area is 158 Å². The number of nitrogens with one attached hydrogen (secondary N) is 2. The zero-order valence-corrected chi connectivity index (χ0v) is 15.6. The van der Waals surface area contributed by atoms with Crippen molar-refractivity contribution >= 4 is 28.7 Å². The minimum absolute atomic E-state index is 0.402. The quantitative estimate of drug-likeness (QED) is 0.861. The van der Waals surface area contributed by atoms with Crippen molar-refractivity contribution in [2.24, 2.45) is 0 Å². The number of nitrogens with zero attached hydrogens (tertiary/aromatic N) is 2. The Morgan fingerprint density at radius 2 is 2.19 bits per heavy atom. The summed E-state index contributed by atoms with van der Waals surface area (Å²) in [7, 11) is 3.73. The van der Waals surface area contributed by atoms with E-state index >= 15 is 0 Å². The van der Waals surface area contributed by atoms with Crippen molar-refractivity contribution in [1.82, 2.24) is 5.32 Å². The SMILES string of the molecule is COc1ccc(Cl)cc1Nc1cc(C#N)c2c(c1)[C@@H]1CNCC[C@@H]1N2C. The van der Waals surface area contributed by atoms with Crippen LogP contribution in [0.4, 0.5) is 17.1 Å². The van der Waals surface area contributed by atoms with E-state index in [9.17, 15) is 5.26 Å². The number of methoxy groups -OCH3 is 1. The van der Waals surface area contributed by atoms with Crippen LogP contribution in [0.1, 0.15) is 23.5 Å². The van der Waals surface area contributed by atoms with Crippen molar-refractivity contribution < 1.29 is 4.74 Å². The molecular formula is C20H21ClN4O. The van der Waals surface area contributed by atoms with Crippen molar-refractivity contribution in [3.63, 3.8) is 0 Å². The van der Waals surface area contributed by atoms with E-state index in [1.165, 1.54) is 5.56 Å². The summed E-state index contributed by atoms with van der Waals surface area (Å²) in [4.78, 5) is 2.28. The van der Waals surface area contributed by atoms with Crippen LogP contribution in [0.25, 0.3) is 0 Å². The van der Waals surface area contributed by atoms with E-state index in [-0.39, 0.29) is 0 Å². The number of benzene rings is 2. The van der Waals surface area contributed by atoms with Crippen molar-refractivity contribution in [3.05, 3.63) is 46.5 Å². The second-order valence-corrected chi connectivity index (χ2v) is 7.26. The van der Waals surface area contributed by atoms with Gasteiger partial charge in [0.15, 0.2) is 0 Å². The highest BCUT2D eigenvalue weighted by Gasteiger charge is 2.39. The van der Waals surface area contributed by atoms with E-state index in [1.807, 2.05) is 18.2 Å². The molecule has 0 aromatic heterocycles. The number of halogens is 1. The molecule has 2 aliphatic heterocycles. The van der Waals surface area contributed by atoms with Gasteiger partial charge in [0.1, 0.15) is 11.8 Å². The Bertz CT molecular complexity index is 892. The summed E-state index contributed by atoms with van der Waals surface area (Å²) in [5.74, 6) is 1.11. The van der Waals surface area contributed by atoms with Gasteiger partial charge in [-0.05, 0) is 48.9 Å². The molecule has 0 unspecified atom stereocenters. The van der Waals surface area contributed by atoms with Gasteiger partial charge in [0, 0.05) is 36.3 Å². The van der Waals surface area contributed by atoms with Crippen LogP contribution in [0.2, 0.25) is 5.02 Å². The summed E-state index contributed by atoms with van der Waals surface area (Å²) in [6, 6.07) is 12.3. The van der Waals surface area contributed by atoms with Crippen LogP contribution < -0.4 is 20.3 Å². The summed E-state index contributed by atoms with van der Waals surface area (Å²) >= 11 is 6.14. The summed E-state index contributed by atoms with van der Waals surface area (Å²) in [5.41, 5.74) is 4.65. The summed E-state index contributed by atoms with van der Waals surface area (Å²) in [5, 5.41) is 17.2. The van der Waals surface area contributed by atoms with E-state index in [0.29, 0.717) is 28.3 Å². The van der Waals surface area contributed by atoms with Gasteiger partial charge in [-0.15, -0.1) is 0 Å². The van der Waals surface area contributed by atoms with E-state index in [2.05, 4.69) is 34.7 Å². The van der Waals surface area contributed by atoms with Gasteiger partial charge in [-0.1, -0.05) is 11.6 Å². The van der Waals surface area contributed by atoms with Gasteiger partial charge < -0.3 is 20.3 Å². The zero-order chi connectivity index (χ0) is 18.3. The molecular weight excluding hydrogens is 348 g/mol. The standard InChI is InChI=1S/C20H21ClN4O/c1-25-18-5-6-23-11-16(18)15-9-14(7-12(10-22)20(15)25)24-17-8-13(21)3-4-19(17)26-2/h3-4,7-9,16,18,23-24H,5-6,11H2,1-2H3/t16-,18-/m0/s1. The van der Waals surface area contributed by atoms with Crippen LogP contribution in [0, 0.1) is 11.3 Å². The number of rotatable bonds is 3.